The van der Waals surface area contributed by atoms with Crippen LogP contribution in [0.15, 0.2) is 42.5 Å². The molecule has 13 nitrogen and oxygen atoms in total. The Morgan fingerprint density at radius 3 is 2.16 bits per heavy atom. The molecule has 4 fully saturated rings. The second-order valence-electron chi connectivity index (χ2n) is 19.6. The molecular formula is C49H74BN5O8. The second kappa shape index (κ2) is 21.8. The van der Waals surface area contributed by atoms with Gasteiger partial charge in [0.05, 0.1) is 23.9 Å². The van der Waals surface area contributed by atoms with Crippen LogP contribution < -0.4 is 27.8 Å². The van der Waals surface area contributed by atoms with E-state index in [1.165, 1.54) is 12.5 Å². The van der Waals surface area contributed by atoms with Crippen LogP contribution >= 0.6 is 0 Å². The molecule has 1 heterocycles. The lowest BCUT2D eigenvalue weighted by Crippen LogP contribution is -2.65. The third-order valence-corrected chi connectivity index (χ3v) is 14.5. The number of hydrogen-bond acceptors (Lipinski definition) is 11. The molecule has 0 aromatic heterocycles. The van der Waals surface area contributed by atoms with E-state index in [9.17, 15) is 29.1 Å². The van der Waals surface area contributed by atoms with Crippen molar-refractivity contribution in [3.63, 3.8) is 0 Å². The van der Waals surface area contributed by atoms with Crippen LogP contribution in [0, 0.1) is 29.1 Å². The normalized spacial score (nSPS) is 23.9. The first kappa shape index (κ1) is 50.1. The number of nitrogens with two attached hydrogens (primary N) is 3. The molecule has 346 valence electrons. The fourth-order valence-electron chi connectivity index (χ4n) is 10.2. The van der Waals surface area contributed by atoms with E-state index in [2.05, 4.69) is 50.5 Å². The molecule has 14 heteroatoms. The summed E-state index contributed by atoms with van der Waals surface area (Å²) in [6, 6.07) is 11.3. The zero-order chi connectivity index (χ0) is 46.2. The molecule has 1 unspecified atom stereocenters. The molecule has 9 N–H and O–H groups in total. The maximum Gasteiger partial charge on any atom is 0.461 e. The summed E-state index contributed by atoms with van der Waals surface area (Å²) in [4.78, 5) is 68.4. The maximum atomic E-state index is 13.8. The van der Waals surface area contributed by atoms with Crippen molar-refractivity contribution in [3.8, 4) is 11.1 Å². The third-order valence-electron chi connectivity index (χ3n) is 14.5. The summed E-state index contributed by atoms with van der Waals surface area (Å²) in [5.74, 6) is -3.22. The van der Waals surface area contributed by atoms with Gasteiger partial charge < -0.3 is 42.2 Å². The number of rotatable bonds is 25. The van der Waals surface area contributed by atoms with E-state index >= 15 is 0 Å². The lowest BCUT2D eigenvalue weighted by atomic mass is 9.43. The molecule has 1 aliphatic heterocycles. The van der Waals surface area contributed by atoms with Gasteiger partial charge in [0.15, 0.2) is 17.3 Å². The highest BCUT2D eigenvalue weighted by atomic mass is 16.7. The van der Waals surface area contributed by atoms with Crippen LogP contribution in [0.1, 0.15) is 135 Å². The average Bonchev–Trinajstić information content (AvgIpc) is 3.61. The first-order valence-corrected chi connectivity index (χ1v) is 23.4. The number of unbranched alkanes of at least 4 members (excludes halogenated alkanes) is 2. The molecule has 63 heavy (non-hydrogen) atoms. The molecule has 2 aromatic rings. The van der Waals surface area contributed by atoms with E-state index in [0.29, 0.717) is 37.6 Å². The number of nitrogens with one attached hydrogen (secondary N) is 2. The maximum absolute atomic E-state index is 13.8. The van der Waals surface area contributed by atoms with Crippen molar-refractivity contribution in [1.29, 1.82) is 0 Å². The van der Waals surface area contributed by atoms with Crippen molar-refractivity contribution >= 4 is 42.0 Å². The number of carbonyl (C=O) groups excluding carboxylic acids is 5. The second-order valence-corrected chi connectivity index (χ2v) is 19.6. The smallest absolute Gasteiger partial charge is 0.405 e. The summed E-state index contributed by atoms with van der Waals surface area (Å²) in [5.41, 5.74) is 21.5. The lowest BCUT2D eigenvalue weighted by molar-refractivity contribution is -0.199. The predicted octanol–water partition coefficient (Wildman–Crippen LogP) is 5.97. The minimum absolute atomic E-state index is 0.00792. The molecular weight excluding hydrogens is 797 g/mol. The van der Waals surface area contributed by atoms with Gasteiger partial charge in [0.1, 0.15) is 6.04 Å². The van der Waals surface area contributed by atoms with Gasteiger partial charge in [-0.15, -0.1) is 0 Å². The number of aryl methyl sites for hydroxylation is 1. The number of aliphatic hydroxyl groups excluding tert-OH is 1. The van der Waals surface area contributed by atoms with Crippen molar-refractivity contribution in [2.45, 2.75) is 161 Å². The van der Waals surface area contributed by atoms with Crippen LogP contribution in [0.3, 0.4) is 0 Å². The van der Waals surface area contributed by atoms with Gasteiger partial charge in [-0.25, -0.2) is 0 Å². The molecule has 2 aromatic carbocycles. The summed E-state index contributed by atoms with van der Waals surface area (Å²) in [5, 5.41) is 16.2. The summed E-state index contributed by atoms with van der Waals surface area (Å²) in [7, 11) is -0.528. The van der Waals surface area contributed by atoms with E-state index in [4.69, 9.17) is 26.5 Å². The molecule has 0 radical (unpaired) electrons. The zero-order valence-corrected chi connectivity index (χ0v) is 38.8. The highest BCUT2D eigenvalue weighted by Crippen LogP contribution is 2.66. The average molecular weight is 872 g/mol. The zero-order valence-electron chi connectivity index (χ0n) is 38.8. The van der Waals surface area contributed by atoms with Gasteiger partial charge in [-0.1, -0.05) is 71.4 Å². The fraction of sp³-hybridized carbons (Fsp3) is 0.653. The third kappa shape index (κ3) is 11.9. The molecule has 2 amide bonds. The number of Topliss-reactive ketones (excluding diaryl/α,β-unsaturated/α-hetero) is 3. The largest absolute Gasteiger partial charge is 0.461 e. The Balaban J connectivity index is 1.16. The van der Waals surface area contributed by atoms with Gasteiger partial charge in [0, 0.05) is 42.3 Å². The molecule has 3 aliphatic carbocycles. The van der Waals surface area contributed by atoms with Crippen LogP contribution in [0.4, 0.5) is 5.69 Å². The highest BCUT2D eigenvalue weighted by Gasteiger charge is 2.68. The lowest BCUT2D eigenvalue weighted by Gasteiger charge is -2.64. The summed E-state index contributed by atoms with van der Waals surface area (Å²) in [6.45, 7) is 14.3. The molecule has 3 saturated carbocycles. The quantitative estimate of drug-likeness (QED) is 0.0295. The van der Waals surface area contributed by atoms with E-state index in [-0.39, 0.29) is 72.4 Å². The number of benzene rings is 2. The standard InChI is InChI=1S/C49H74BN5O8/c1-8-9-12-32-14-16-33(17-15-32)34-18-19-37(38(53)25-34)40(57)26-35(20-22-52)47(61)55-45(31(4)56)42(59)23-29(2)46(60)54-39(13-10-11-21-51)41(58)24-30(3)50-62-44-28-36-27-43(48(36,5)6)49(44,7)63-50/h14-19,25,29-31,35-36,39,43-45,56H,8-13,20-24,26-28,51-53H2,1-7H3,(H,54,60)(H,55,61)/t29-,30-,31?,35-,36+,39+,43+,44-,45+,49+/m1/s1. The van der Waals surface area contributed by atoms with E-state index in [1.807, 2.05) is 25.1 Å². The number of hydrogen-bond donors (Lipinski definition) is 6. The van der Waals surface area contributed by atoms with Gasteiger partial charge in [-0.2, -0.15) is 0 Å². The van der Waals surface area contributed by atoms with Crippen molar-refractivity contribution < 1.29 is 38.4 Å². The highest BCUT2D eigenvalue weighted by molar-refractivity contribution is 6.47. The van der Waals surface area contributed by atoms with Gasteiger partial charge >= 0.3 is 7.12 Å². The van der Waals surface area contributed by atoms with Gasteiger partial charge in [0.25, 0.3) is 0 Å². The Morgan fingerprint density at radius 2 is 1.54 bits per heavy atom. The van der Waals surface area contributed by atoms with Crippen molar-refractivity contribution in [2.75, 3.05) is 18.8 Å². The molecule has 2 bridgehead atoms. The summed E-state index contributed by atoms with van der Waals surface area (Å²) < 4.78 is 13.1. The minimum atomic E-state index is -1.35. The Hall–Kier alpha value is -3.95. The first-order valence-electron chi connectivity index (χ1n) is 23.4. The molecule has 6 rings (SSSR count). The Kier molecular flexibility index (Phi) is 17.3. The van der Waals surface area contributed by atoms with E-state index in [0.717, 1.165) is 43.2 Å². The summed E-state index contributed by atoms with van der Waals surface area (Å²) in [6.07, 6.45) is 5.46. The van der Waals surface area contributed by atoms with Crippen LogP contribution in [0.2, 0.25) is 5.82 Å². The van der Waals surface area contributed by atoms with Crippen LogP contribution in [-0.4, -0.2) is 84.4 Å². The Bertz CT molecular complexity index is 1920. The predicted molar refractivity (Wildman–Crippen MR) is 247 cm³/mol. The Morgan fingerprint density at radius 1 is 0.841 bits per heavy atom. The van der Waals surface area contributed by atoms with Crippen LogP contribution in [0.25, 0.3) is 11.1 Å². The Labute approximate surface area is 375 Å². The summed E-state index contributed by atoms with van der Waals surface area (Å²) >= 11 is 0. The van der Waals surface area contributed by atoms with Gasteiger partial charge in [0.2, 0.25) is 11.8 Å². The number of aliphatic hydroxyl groups is 1. The number of nitrogen functional groups attached to an aromatic ring is 1. The molecule has 0 spiro atoms. The van der Waals surface area contributed by atoms with Crippen LogP contribution in [0.5, 0.6) is 0 Å². The fourth-order valence-corrected chi connectivity index (χ4v) is 10.2. The number of anilines is 1. The monoisotopic (exact) mass is 872 g/mol. The number of carbonyl (C=O) groups is 5. The van der Waals surface area contributed by atoms with E-state index in [1.54, 1.807) is 19.1 Å². The van der Waals surface area contributed by atoms with Crippen molar-refractivity contribution in [3.05, 3.63) is 53.6 Å². The number of ketones is 3. The molecule has 1 saturated heterocycles. The van der Waals surface area contributed by atoms with Crippen molar-refractivity contribution in [2.24, 2.45) is 40.6 Å². The minimum Gasteiger partial charge on any atom is -0.405 e. The van der Waals surface area contributed by atoms with Crippen molar-refractivity contribution in [1.82, 2.24) is 10.6 Å². The van der Waals surface area contributed by atoms with E-state index < -0.39 is 60.3 Å². The van der Waals surface area contributed by atoms with Gasteiger partial charge in [-0.05, 0) is 130 Å². The topological polar surface area (TPSA) is 226 Å². The SMILES string of the molecule is CCCCc1ccc(-c2ccc(C(=O)C[C@@H](CCN)C(=O)N[C@H](C(=O)C[C@@H](C)C(=O)N[C@@H](CCCCN)C(=O)C[C@@H](C)B3O[C@@H]4C[C@@H]5C[C@@H](C5(C)C)[C@]4(C)O3)C(C)O)c(N)c2)cc1. The van der Waals surface area contributed by atoms with Gasteiger partial charge in [-0.3, -0.25) is 24.0 Å². The first-order chi connectivity index (χ1) is 29.8. The molecule has 4 aliphatic rings. The molecule has 10 atom stereocenters. The number of amides is 2. The van der Waals surface area contributed by atoms with Crippen LogP contribution in [-0.2, 0) is 34.9 Å².